The van der Waals surface area contributed by atoms with E-state index in [4.69, 9.17) is 4.42 Å². The van der Waals surface area contributed by atoms with Gasteiger partial charge in [-0.3, -0.25) is 14.5 Å². The molecule has 10 heteroatoms. The number of aromatic nitrogens is 1. The average Bonchev–Trinajstić information content (AvgIpc) is 3.35. The molecule has 2 aliphatic heterocycles. The van der Waals surface area contributed by atoms with Crippen LogP contribution in [0, 0.1) is 6.92 Å². The molecule has 1 aromatic carbocycles. The predicted molar refractivity (Wildman–Crippen MR) is 114 cm³/mol. The maximum atomic E-state index is 12.9. The van der Waals surface area contributed by atoms with Crippen molar-refractivity contribution in [2.75, 3.05) is 25.4 Å². The Morgan fingerprint density at radius 3 is 2.90 bits per heavy atom. The molecule has 9 nitrogen and oxygen atoms in total. The monoisotopic (exact) mass is 446 g/mol. The Morgan fingerprint density at radius 1 is 1.35 bits per heavy atom. The van der Waals surface area contributed by atoms with Crippen molar-refractivity contribution in [3.63, 3.8) is 0 Å². The largest absolute Gasteiger partial charge is 0.443 e. The van der Waals surface area contributed by atoms with Gasteiger partial charge in [0.05, 0.1) is 11.8 Å². The van der Waals surface area contributed by atoms with E-state index < -0.39 is 22.0 Å². The van der Waals surface area contributed by atoms with Gasteiger partial charge in [0.25, 0.3) is 11.8 Å². The van der Waals surface area contributed by atoms with Gasteiger partial charge in [0.1, 0.15) is 0 Å². The number of hydrogen-bond donors (Lipinski definition) is 1. The molecular formula is C21H26N4O5S. The summed E-state index contributed by atoms with van der Waals surface area (Å²) in [4.78, 5) is 31.8. The molecule has 0 saturated carbocycles. The molecule has 31 heavy (non-hydrogen) atoms. The normalized spacial score (nSPS) is 23.4. The number of fused-ring (bicyclic) bond motifs is 1. The van der Waals surface area contributed by atoms with E-state index in [1.165, 1.54) is 6.39 Å². The van der Waals surface area contributed by atoms with Gasteiger partial charge in [0.2, 0.25) is 10.0 Å². The number of nitrogens with one attached hydrogen (secondary N) is 1. The maximum Gasteiger partial charge on any atom is 0.274 e. The van der Waals surface area contributed by atoms with Gasteiger partial charge in [-0.25, -0.2) is 17.7 Å². The Labute approximate surface area is 181 Å². The summed E-state index contributed by atoms with van der Waals surface area (Å²) >= 11 is 0. The summed E-state index contributed by atoms with van der Waals surface area (Å²) in [6.07, 6.45) is 2.16. The van der Waals surface area contributed by atoms with Gasteiger partial charge in [-0.1, -0.05) is 30.7 Å². The number of carbonyl (C=O) groups is 2. The first-order valence-electron chi connectivity index (χ1n) is 10.4. The van der Waals surface area contributed by atoms with Gasteiger partial charge < -0.3 is 9.73 Å². The van der Waals surface area contributed by atoms with Crippen LogP contribution in [0.5, 0.6) is 0 Å². The molecular weight excluding hydrogens is 420 g/mol. The second kappa shape index (κ2) is 8.43. The molecule has 2 aromatic rings. The average molecular weight is 447 g/mol. The van der Waals surface area contributed by atoms with Crippen molar-refractivity contribution in [3.8, 4) is 11.3 Å². The minimum Gasteiger partial charge on any atom is -0.443 e. The third-order valence-corrected chi connectivity index (χ3v) is 7.46. The molecule has 0 aliphatic carbocycles. The van der Waals surface area contributed by atoms with Gasteiger partial charge in [0, 0.05) is 31.2 Å². The van der Waals surface area contributed by atoms with E-state index in [1.54, 1.807) is 0 Å². The van der Waals surface area contributed by atoms with Crippen LogP contribution in [0.4, 0.5) is 0 Å². The highest BCUT2D eigenvalue weighted by Gasteiger charge is 2.45. The van der Waals surface area contributed by atoms with Crippen LogP contribution in [0.1, 0.15) is 35.8 Å². The fourth-order valence-corrected chi connectivity index (χ4v) is 5.81. The zero-order chi connectivity index (χ0) is 22.2. The van der Waals surface area contributed by atoms with Crippen molar-refractivity contribution in [3.05, 3.63) is 41.9 Å². The molecule has 0 radical (unpaired) electrons. The second-order valence-electron chi connectivity index (χ2n) is 8.04. The molecule has 166 valence electrons. The third-order valence-electron chi connectivity index (χ3n) is 5.73. The molecule has 0 unspecified atom stereocenters. The molecule has 1 aromatic heterocycles. The molecule has 4 rings (SSSR count). The lowest BCUT2D eigenvalue weighted by atomic mass is 10.1. The van der Waals surface area contributed by atoms with E-state index in [0.717, 1.165) is 15.4 Å². The predicted octanol–water partition coefficient (Wildman–Crippen LogP) is 1.40. The van der Waals surface area contributed by atoms with Crippen LogP contribution in [0.15, 0.2) is 35.1 Å². The number of aryl methyl sites for hydroxylation is 1. The summed E-state index contributed by atoms with van der Waals surface area (Å²) in [6, 6.07) is 6.77. The van der Waals surface area contributed by atoms with Crippen LogP contribution in [-0.2, 0) is 14.8 Å². The zero-order valence-corrected chi connectivity index (χ0v) is 18.4. The number of rotatable bonds is 5. The molecule has 1 N–H and O–H groups in total. The lowest BCUT2D eigenvalue weighted by Crippen LogP contribution is -2.44. The second-order valence-corrected chi connectivity index (χ2v) is 10.1. The number of benzene rings is 1. The smallest absolute Gasteiger partial charge is 0.274 e. The van der Waals surface area contributed by atoms with E-state index in [1.807, 2.05) is 43.0 Å². The van der Waals surface area contributed by atoms with Gasteiger partial charge in [-0.15, -0.1) is 0 Å². The van der Waals surface area contributed by atoms with E-state index in [0.29, 0.717) is 25.1 Å². The van der Waals surface area contributed by atoms with Crippen LogP contribution < -0.4 is 5.32 Å². The van der Waals surface area contributed by atoms with Gasteiger partial charge in [0.15, 0.2) is 17.8 Å². The van der Waals surface area contributed by atoms with Gasteiger partial charge in [-0.05, 0) is 25.8 Å². The number of sulfonamides is 1. The molecule has 0 spiro atoms. The Balaban J connectivity index is 1.49. The van der Waals surface area contributed by atoms with Crippen molar-refractivity contribution in [1.82, 2.24) is 19.5 Å². The summed E-state index contributed by atoms with van der Waals surface area (Å²) < 4.78 is 31.4. The van der Waals surface area contributed by atoms with Crippen LogP contribution in [-0.4, -0.2) is 71.9 Å². The van der Waals surface area contributed by atoms with Crippen LogP contribution in [0.25, 0.3) is 11.3 Å². The summed E-state index contributed by atoms with van der Waals surface area (Å²) in [5.74, 6) is -0.488. The fraction of sp³-hybridized carbons (Fsp3) is 0.476. The fourth-order valence-electron chi connectivity index (χ4n) is 4.26. The van der Waals surface area contributed by atoms with E-state index in [-0.39, 0.29) is 36.5 Å². The maximum absolute atomic E-state index is 12.9. The first-order valence-corrected chi connectivity index (χ1v) is 12.0. The molecule has 2 atom stereocenters. The molecule has 2 fully saturated rings. The lowest BCUT2D eigenvalue weighted by Gasteiger charge is -2.23. The Kier molecular flexibility index (Phi) is 5.85. The van der Waals surface area contributed by atoms with Crippen molar-refractivity contribution in [2.24, 2.45) is 0 Å². The van der Waals surface area contributed by atoms with Crippen molar-refractivity contribution < 1.29 is 22.4 Å². The SMILES string of the molecule is CCCN1C(=O)[C@@H]2C[C@H](NC(=O)c3ncoc3-c3cccc(C)c3)CN2CCS1(=O)=O. The third kappa shape index (κ3) is 4.22. The highest BCUT2D eigenvalue weighted by atomic mass is 32.2. The number of amides is 2. The lowest BCUT2D eigenvalue weighted by molar-refractivity contribution is -0.130. The van der Waals surface area contributed by atoms with E-state index >= 15 is 0 Å². The van der Waals surface area contributed by atoms with Gasteiger partial charge >= 0.3 is 0 Å². The topological polar surface area (TPSA) is 113 Å². The Hall–Kier alpha value is -2.72. The zero-order valence-electron chi connectivity index (χ0n) is 17.6. The van der Waals surface area contributed by atoms with Crippen LogP contribution in [0.3, 0.4) is 0 Å². The van der Waals surface area contributed by atoms with Gasteiger partial charge in [-0.2, -0.15) is 0 Å². The first-order chi connectivity index (χ1) is 14.8. The van der Waals surface area contributed by atoms with Crippen molar-refractivity contribution in [1.29, 1.82) is 0 Å². The standard InChI is InChI=1S/C21H26N4O5S/c1-3-7-25-21(27)17-11-16(12-24(17)8-9-31(25,28)29)23-20(26)18-19(30-13-22-18)15-6-4-5-14(2)10-15/h4-6,10,13,16-17H,3,7-9,11-12H2,1-2H3,(H,23,26)/t16-,17-/m0/s1. The molecule has 2 amide bonds. The molecule has 3 heterocycles. The van der Waals surface area contributed by atoms with E-state index in [2.05, 4.69) is 10.3 Å². The summed E-state index contributed by atoms with van der Waals surface area (Å²) in [5, 5.41) is 2.95. The summed E-state index contributed by atoms with van der Waals surface area (Å²) in [5.41, 5.74) is 1.99. The Bertz CT molecular complexity index is 1100. The highest BCUT2D eigenvalue weighted by molar-refractivity contribution is 7.89. The van der Waals surface area contributed by atoms with Crippen molar-refractivity contribution >= 4 is 21.8 Å². The number of carbonyl (C=O) groups excluding carboxylic acids is 2. The summed E-state index contributed by atoms with van der Waals surface area (Å²) in [6.45, 7) is 4.66. The van der Waals surface area contributed by atoms with Crippen molar-refractivity contribution in [2.45, 2.75) is 38.8 Å². The Morgan fingerprint density at radius 2 is 2.16 bits per heavy atom. The quantitative estimate of drug-likeness (QED) is 0.739. The first kappa shape index (κ1) is 21.5. The number of hydrogen-bond acceptors (Lipinski definition) is 7. The highest BCUT2D eigenvalue weighted by Crippen LogP contribution is 2.27. The van der Waals surface area contributed by atoms with Crippen LogP contribution >= 0.6 is 0 Å². The molecule has 2 aliphatic rings. The van der Waals surface area contributed by atoms with E-state index in [9.17, 15) is 18.0 Å². The minimum absolute atomic E-state index is 0.100. The number of nitrogens with zero attached hydrogens (tertiary/aromatic N) is 3. The molecule has 0 bridgehead atoms. The summed E-state index contributed by atoms with van der Waals surface area (Å²) in [7, 11) is -3.60. The minimum atomic E-state index is -3.60. The molecule has 2 saturated heterocycles. The number of oxazole rings is 1. The van der Waals surface area contributed by atoms with Crippen LogP contribution in [0.2, 0.25) is 0 Å².